The molecule has 0 bridgehead atoms. The number of benzene rings is 1. The molecule has 2 rings (SSSR count). The first kappa shape index (κ1) is 21.4. The highest BCUT2D eigenvalue weighted by Gasteiger charge is 2.39. The third kappa shape index (κ3) is 6.06. The number of carbonyl (C=O) groups excluding carboxylic acids is 1. The molecule has 0 aliphatic carbocycles. The Kier molecular flexibility index (Phi) is 8.29. The monoisotopic (exact) mass is 375 g/mol. The fraction of sp³-hybridized carbons (Fsp3) is 0.636. The topological polar surface area (TPSA) is 77.8 Å². The number of carboxylic acids is 1. The second-order valence-corrected chi connectivity index (χ2v) is 7.96. The van der Waals surface area contributed by atoms with Crippen molar-refractivity contribution in [3.8, 4) is 0 Å². The predicted octanol–water partition coefficient (Wildman–Crippen LogP) is 3.50. The number of hydrogen-bond acceptors (Lipinski definition) is 3. The Morgan fingerprint density at radius 3 is 2.48 bits per heavy atom. The van der Waals surface area contributed by atoms with Crippen LogP contribution in [-0.4, -0.2) is 45.7 Å². The lowest BCUT2D eigenvalue weighted by Crippen LogP contribution is -2.48. The van der Waals surface area contributed by atoms with E-state index in [4.69, 9.17) is 5.11 Å². The number of hydrogen-bond donors (Lipinski definition) is 2. The van der Waals surface area contributed by atoms with Gasteiger partial charge in [-0.25, -0.2) is 4.79 Å². The van der Waals surface area contributed by atoms with E-state index >= 15 is 0 Å². The molecule has 1 aromatic carbocycles. The number of aliphatic hydroxyl groups is 1. The van der Waals surface area contributed by atoms with Crippen LogP contribution in [0.3, 0.4) is 0 Å². The van der Waals surface area contributed by atoms with Gasteiger partial charge in [-0.15, -0.1) is 0 Å². The van der Waals surface area contributed by atoms with E-state index in [1.54, 1.807) is 4.90 Å². The van der Waals surface area contributed by atoms with Crippen LogP contribution in [0.25, 0.3) is 0 Å². The molecule has 1 aliphatic rings. The highest BCUT2D eigenvalue weighted by Crippen LogP contribution is 2.28. The van der Waals surface area contributed by atoms with E-state index in [9.17, 15) is 14.7 Å². The van der Waals surface area contributed by atoms with Gasteiger partial charge in [0.05, 0.1) is 6.04 Å². The SMILES string of the molecule is CC(C)C(CCCCCc1ccccc1)C(=O)N1CCC[C@H]1C(O)C(=O)O. The Bertz CT molecular complexity index is 602. The largest absolute Gasteiger partial charge is 0.479 e. The fourth-order valence-electron chi connectivity index (χ4n) is 4.03. The molecule has 1 aromatic rings. The highest BCUT2D eigenvalue weighted by molar-refractivity contribution is 5.81. The standard InChI is InChI=1S/C22H33NO4/c1-16(2)18(13-8-4-7-12-17-10-5-3-6-11-17)21(25)23-15-9-14-19(23)20(24)22(26)27/h3,5-6,10-11,16,18-20,24H,4,7-9,12-15H2,1-2H3,(H,26,27)/t18?,19-,20?/m0/s1. The van der Waals surface area contributed by atoms with E-state index in [0.717, 1.165) is 38.5 Å². The van der Waals surface area contributed by atoms with Crippen LogP contribution in [0, 0.1) is 11.8 Å². The molecule has 1 aliphatic heterocycles. The molecule has 2 unspecified atom stereocenters. The molecule has 27 heavy (non-hydrogen) atoms. The van der Waals surface area contributed by atoms with Gasteiger partial charge in [-0.05, 0) is 43.6 Å². The summed E-state index contributed by atoms with van der Waals surface area (Å²) in [7, 11) is 0. The maximum Gasteiger partial charge on any atom is 0.334 e. The van der Waals surface area contributed by atoms with Gasteiger partial charge in [-0.1, -0.05) is 57.0 Å². The van der Waals surface area contributed by atoms with Gasteiger partial charge in [0.2, 0.25) is 5.91 Å². The lowest BCUT2D eigenvalue weighted by molar-refractivity contribution is -0.153. The number of aliphatic carboxylic acids is 1. The summed E-state index contributed by atoms with van der Waals surface area (Å²) >= 11 is 0. The molecule has 0 saturated carbocycles. The number of carboxylic acid groups (broad SMARTS) is 1. The summed E-state index contributed by atoms with van der Waals surface area (Å²) in [4.78, 5) is 25.8. The Labute approximate surface area is 162 Å². The summed E-state index contributed by atoms with van der Waals surface area (Å²) in [5.41, 5.74) is 1.34. The van der Waals surface area contributed by atoms with Gasteiger partial charge in [0.1, 0.15) is 0 Å². The Balaban J connectivity index is 1.84. The van der Waals surface area contributed by atoms with Gasteiger partial charge in [0.25, 0.3) is 0 Å². The minimum absolute atomic E-state index is 0.0101. The first-order chi connectivity index (χ1) is 12.9. The number of amides is 1. The zero-order chi connectivity index (χ0) is 19.8. The summed E-state index contributed by atoms with van der Waals surface area (Å²) in [5, 5.41) is 19.0. The van der Waals surface area contributed by atoms with Crippen molar-refractivity contribution in [1.29, 1.82) is 0 Å². The van der Waals surface area contributed by atoms with E-state index < -0.39 is 18.1 Å². The fourth-order valence-corrected chi connectivity index (χ4v) is 4.03. The van der Waals surface area contributed by atoms with Crippen molar-refractivity contribution in [2.45, 2.75) is 70.9 Å². The molecule has 1 saturated heterocycles. The Morgan fingerprint density at radius 2 is 1.85 bits per heavy atom. The smallest absolute Gasteiger partial charge is 0.334 e. The molecule has 3 atom stereocenters. The van der Waals surface area contributed by atoms with Crippen LogP contribution in [0.4, 0.5) is 0 Å². The minimum atomic E-state index is -1.49. The summed E-state index contributed by atoms with van der Waals surface area (Å²) in [5.74, 6) is -1.14. The van der Waals surface area contributed by atoms with Crippen molar-refractivity contribution >= 4 is 11.9 Å². The molecule has 0 radical (unpaired) electrons. The van der Waals surface area contributed by atoms with Gasteiger partial charge in [0, 0.05) is 12.5 Å². The lowest BCUT2D eigenvalue weighted by Gasteiger charge is -2.31. The third-order valence-electron chi connectivity index (χ3n) is 5.65. The number of nitrogens with zero attached hydrogens (tertiary/aromatic N) is 1. The van der Waals surface area contributed by atoms with E-state index in [2.05, 4.69) is 24.3 Å². The second-order valence-electron chi connectivity index (χ2n) is 7.96. The molecule has 5 heteroatoms. The van der Waals surface area contributed by atoms with Gasteiger partial charge in [0.15, 0.2) is 6.10 Å². The summed E-state index contributed by atoms with van der Waals surface area (Å²) in [6.07, 6.45) is 4.86. The summed E-state index contributed by atoms with van der Waals surface area (Å²) < 4.78 is 0. The number of likely N-dealkylation sites (tertiary alicyclic amines) is 1. The highest BCUT2D eigenvalue weighted by atomic mass is 16.4. The van der Waals surface area contributed by atoms with Crippen LogP contribution in [-0.2, 0) is 16.0 Å². The van der Waals surface area contributed by atoms with Crippen molar-refractivity contribution in [2.24, 2.45) is 11.8 Å². The Morgan fingerprint density at radius 1 is 1.15 bits per heavy atom. The number of carbonyl (C=O) groups is 2. The first-order valence-corrected chi connectivity index (χ1v) is 10.2. The normalized spacial score (nSPS) is 19.3. The second kappa shape index (κ2) is 10.5. The van der Waals surface area contributed by atoms with Crippen molar-refractivity contribution in [1.82, 2.24) is 4.90 Å². The molecule has 0 aromatic heterocycles. The van der Waals surface area contributed by atoms with Gasteiger partial charge >= 0.3 is 5.97 Å². The number of aryl methyl sites for hydroxylation is 1. The molecule has 1 heterocycles. The number of unbranched alkanes of at least 4 members (excludes halogenated alkanes) is 2. The molecular formula is C22H33NO4. The summed E-state index contributed by atoms with van der Waals surface area (Å²) in [6.45, 7) is 4.64. The lowest BCUT2D eigenvalue weighted by atomic mass is 9.88. The molecule has 0 spiro atoms. The van der Waals surface area contributed by atoms with E-state index in [1.807, 2.05) is 19.9 Å². The summed E-state index contributed by atoms with van der Waals surface area (Å²) in [6, 6.07) is 9.83. The number of rotatable bonds is 10. The minimum Gasteiger partial charge on any atom is -0.479 e. The van der Waals surface area contributed by atoms with Crippen LogP contribution in [0.1, 0.15) is 57.9 Å². The van der Waals surface area contributed by atoms with Crippen molar-refractivity contribution in [3.63, 3.8) is 0 Å². The van der Waals surface area contributed by atoms with Crippen molar-refractivity contribution in [2.75, 3.05) is 6.54 Å². The quantitative estimate of drug-likeness (QED) is 0.614. The van der Waals surface area contributed by atoms with E-state index in [1.165, 1.54) is 5.56 Å². The number of aliphatic hydroxyl groups excluding tert-OH is 1. The first-order valence-electron chi connectivity index (χ1n) is 10.2. The maximum atomic E-state index is 13.0. The van der Waals surface area contributed by atoms with Gasteiger partial charge in [-0.2, -0.15) is 0 Å². The predicted molar refractivity (Wildman–Crippen MR) is 105 cm³/mol. The van der Waals surface area contributed by atoms with E-state index in [-0.39, 0.29) is 17.7 Å². The zero-order valence-corrected chi connectivity index (χ0v) is 16.5. The van der Waals surface area contributed by atoms with Gasteiger partial charge < -0.3 is 15.1 Å². The zero-order valence-electron chi connectivity index (χ0n) is 16.5. The molecule has 1 fully saturated rings. The average molecular weight is 376 g/mol. The van der Waals surface area contributed by atoms with Crippen LogP contribution >= 0.6 is 0 Å². The van der Waals surface area contributed by atoms with E-state index in [0.29, 0.717) is 13.0 Å². The third-order valence-corrected chi connectivity index (χ3v) is 5.65. The van der Waals surface area contributed by atoms with Crippen LogP contribution in [0.2, 0.25) is 0 Å². The molecule has 150 valence electrons. The van der Waals surface area contributed by atoms with Crippen molar-refractivity contribution in [3.05, 3.63) is 35.9 Å². The average Bonchev–Trinajstić information content (AvgIpc) is 3.13. The van der Waals surface area contributed by atoms with Crippen LogP contribution < -0.4 is 0 Å². The molecular weight excluding hydrogens is 342 g/mol. The Hall–Kier alpha value is -1.88. The molecule has 2 N–H and O–H groups in total. The maximum absolute atomic E-state index is 13.0. The molecule has 1 amide bonds. The van der Waals surface area contributed by atoms with Gasteiger partial charge in [-0.3, -0.25) is 4.79 Å². The van der Waals surface area contributed by atoms with Crippen LogP contribution in [0.15, 0.2) is 30.3 Å². The van der Waals surface area contributed by atoms with Crippen molar-refractivity contribution < 1.29 is 19.8 Å². The molecule has 5 nitrogen and oxygen atoms in total. The van der Waals surface area contributed by atoms with Crippen LogP contribution in [0.5, 0.6) is 0 Å².